The van der Waals surface area contributed by atoms with Crippen molar-refractivity contribution in [3.63, 3.8) is 0 Å². The molecule has 0 aliphatic rings. The fourth-order valence-electron chi connectivity index (χ4n) is 1.94. The fourth-order valence-corrected chi connectivity index (χ4v) is 1.94. The lowest BCUT2D eigenvalue weighted by molar-refractivity contribution is 0.101. The van der Waals surface area contributed by atoms with Crippen LogP contribution >= 0.6 is 0 Å². The van der Waals surface area contributed by atoms with Gasteiger partial charge in [0.05, 0.1) is 5.56 Å². The van der Waals surface area contributed by atoms with E-state index in [1.165, 1.54) is 31.5 Å². The number of halogens is 1. The molecule has 0 fully saturated rings. The number of carbonyl (C=O) groups excluding carboxylic acids is 1. The summed E-state index contributed by atoms with van der Waals surface area (Å²) in [5, 5.41) is 4.14. The van der Waals surface area contributed by atoms with Crippen LogP contribution in [0.25, 0.3) is 0 Å². The van der Waals surface area contributed by atoms with Crippen molar-refractivity contribution in [2.24, 2.45) is 5.92 Å². The predicted molar refractivity (Wildman–Crippen MR) is 75.6 cm³/mol. The van der Waals surface area contributed by atoms with Gasteiger partial charge in [0.15, 0.2) is 11.6 Å². The molecule has 0 aliphatic carbocycles. The summed E-state index contributed by atoms with van der Waals surface area (Å²) in [5.41, 5.74) is 0.227. The third-order valence-electron chi connectivity index (χ3n) is 2.91. The maximum Gasteiger partial charge on any atom is 0.164 e. The molecule has 0 bridgehead atoms. The molecule has 5 nitrogen and oxygen atoms in total. The molecular formula is C15H18FN3O2. The average molecular weight is 291 g/mol. The number of Topliss-reactive ketones (excluding diaryl/α,β-unsaturated/α-hetero) is 1. The molecule has 0 unspecified atom stereocenters. The van der Waals surface area contributed by atoms with Gasteiger partial charge in [0, 0.05) is 6.54 Å². The highest BCUT2D eigenvalue weighted by molar-refractivity contribution is 5.96. The number of hydrogen-bond donors (Lipinski definition) is 0. The Balaban J connectivity index is 2.14. The second kappa shape index (κ2) is 6.47. The Morgan fingerprint density at radius 1 is 1.43 bits per heavy atom. The van der Waals surface area contributed by atoms with E-state index in [4.69, 9.17) is 4.74 Å². The van der Waals surface area contributed by atoms with Crippen LogP contribution in [0.4, 0.5) is 4.39 Å². The minimum Gasteiger partial charge on any atom is -0.485 e. The van der Waals surface area contributed by atoms with Gasteiger partial charge in [0.2, 0.25) is 0 Å². The van der Waals surface area contributed by atoms with Gasteiger partial charge < -0.3 is 4.74 Å². The van der Waals surface area contributed by atoms with Crippen LogP contribution in [-0.4, -0.2) is 20.5 Å². The zero-order chi connectivity index (χ0) is 15.4. The Kier molecular flexibility index (Phi) is 4.67. The van der Waals surface area contributed by atoms with Crippen LogP contribution in [0.1, 0.15) is 37.0 Å². The first-order valence-electron chi connectivity index (χ1n) is 6.77. The molecular weight excluding hydrogens is 273 g/mol. The van der Waals surface area contributed by atoms with Crippen LogP contribution in [0, 0.1) is 11.7 Å². The highest BCUT2D eigenvalue weighted by Crippen LogP contribution is 2.21. The number of carbonyl (C=O) groups is 1. The number of nitrogens with zero attached hydrogens (tertiary/aromatic N) is 3. The molecule has 0 radical (unpaired) electrons. The zero-order valence-electron chi connectivity index (χ0n) is 12.3. The number of ketones is 1. The Hall–Kier alpha value is -2.24. The Morgan fingerprint density at radius 3 is 2.86 bits per heavy atom. The third-order valence-corrected chi connectivity index (χ3v) is 2.91. The van der Waals surface area contributed by atoms with Gasteiger partial charge in [0.25, 0.3) is 0 Å². The summed E-state index contributed by atoms with van der Waals surface area (Å²) in [4.78, 5) is 15.7. The smallest absolute Gasteiger partial charge is 0.164 e. The van der Waals surface area contributed by atoms with E-state index >= 15 is 0 Å². The minimum absolute atomic E-state index is 0.179. The van der Waals surface area contributed by atoms with Crippen LogP contribution in [-0.2, 0) is 13.2 Å². The maximum absolute atomic E-state index is 13.2. The molecule has 21 heavy (non-hydrogen) atoms. The Bertz CT molecular complexity index is 638. The third kappa shape index (κ3) is 3.87. The SMILES string of the molecule is CC(=O)c1cc(F)ccc1OCc1ncnn1CC(C)C. The van der Waals surface area contributed by atoms with Gasteiger partial charge >= 0.3 is 0 Å². The van der Waals surface area contributed by atoms with Crippen molar-refractivity contribution in [2.45, 2.75) is 33.9 Å². The molecule has 0 saturated carbocycles. The first kappa shape index (κ1) is 15.2. The van der Waals surface area contributed by atoms with Gasteiger partial charge in [-0.1, -0.05) is 13.8 Å². The summed E-state index contributed by atoms with van der Waals surface area (Å²) in [6.45, 7) is 6.46. The average Bonchev–Trinajstić information content (AvgIpc) is 2.83. The van der Waals surface area contributed by atoms with E-state index in [1.54, 1.807) is 4.68 Å². The standard InChI is InChI=1S/C15H18FN3O2/c1-10(2)7-19-15(17-9-18-19)8-21-14-5-4-12(16)6-13(14)11(3)20/h4-6,9-10H,7-8H2,1-3H3. The molecule has 0 atom stereocenters. The number of hydrogen-bond acceptors (Lipinski definition) is 4. The maximum atomic E-state index is 13.2. The molecule has 1 aromatic carbocycles. The first-order valence-corrected chi connectivity index (χ1v) is 6.77. The second-order valence-electron chi connectivity index (χ2n) is 5.24. The van der Waals surface area contributed by atoms with Crippen molar-refractivity contribution >= 4 is 5.78 Å². The molecule has 0 amide bonds. The molecule has 6 heteroatoms. The van der Waals surface area contributed by atoms with Gasteiger partial charge in [-0.05, 0) is 31.0 Å². The van der Waals surface area contributed by atoms with Crippen LogP contribution in [0.2, 0.25) is 0 Å². The van der Waals surface area contributed by atoms with Crippen molar-refractivity contribution in [3.8, 4) is 5.75 Å². The minimum atomic E-state index is -0.462. The van der Waals surface area contributed by atoms with Gasteiger partial charge in [-0.25, -0.2) is 14.1 Å². The zero-order valence-corrected chi connectivity index (χ0v) is 12.3. The van der Waals surface area contributed by atoms with Gasteiger partial charge in [-0.2, -0.15) is 5.10 Å². The molecule has 2 rings (SSSR count). The fraction of sp³-hybridized carbons (Fsp3) is 0.400. The van der Waals surface area contributed by atoms with Crippen molar-refractivity contribution < 1.29 is 13.9 Å². The van der Waals surface area contributed by atoms with Crippen molar-refractivity contribution in [1.29, 1.82) is 0 Å². The summed E-state index contributed by atoms with van der Waals surface area (Å²) < 4.78 is 20.6. The lowest BCUT2D eigenvalue weighted by Gasteiger charge is -2.11. The topological polar surface area (TPSA) is 57.0 Å². The van der Waals surface area contributed by atoms with Crippen LogP contribution < -0.4 is 4.74 Å². The van der Waals surface area contributed by atoms with Gasteiger partial charge in [-0.3, -0.25) is 4.79 Å². The lowest BCUT2D eigenvalue weighted by Crippen LogP contribution is -2.13. The highest BCUT2D eigenvalue weighted by atomic mass is 19.1. The molecule has 0 spiro atoms. The van der Waals surface area contributed by atoms with Crippen LogP contribution in [0.15, 0.2) is 24.5 Å². The molecule has 0 N–H and O–H groups in total. The van der Waals surface area contributed by atoms with E-state index in [9.17, 15) is 9.18 Å². The summed E-state index contributed by atoms with van der Waals surface area (Å²) >= 11 is 0. The lowest BCUT2D eigenvalue weighted by atomic mass is 10.1. The molecule has 2 aromatic rings. The van der Waals surface area contributed by atoms with Crippen LogP contribution in [0.3, 0.4) is 0 Å². The van der Waals surface area contributed by atoms with E-state index in [-0.39, 0.29) is 18.0 Å². The van der Waals surface area contributed by atoms with Gasteiger partial charge in [-0.15, -0.1) is 0 Å². The predicted octanol–water partition coefficient (Wildman–Crippen LogP) is 2.85. The van der Waals surface area contributed by atoms with E-state index in [1.807, 2.05) is 0 Å². The van der Waals surface area contributed by atoms with E-state index < -0.39 is 5.82 Å². The Labute approximate surface area is 122 Å². The van der Waals surface area contributed by atoms with E-state index in [2.05, 4.69) is 23.9 Å². The molecule has 112 valence electrons. The molecule has 0 saturated heterocycles. The number of aromatic nitrogens is 3. The van der Waals surface area contributed by atoms with Crippen molar-refractivity contribution in [1.82, 2.24) is 14.8 Å². The highest BCUT2D eigenvalue weighted by Gasteiger charge is 2.12. The van der Waals surface area contributed by atoms with Crippen LogP contribution in [0.5, 0.6) is 5.75 Å². The number of ether oxygens (including phenoxy) is 1. The van der Waals surface area contributed by atoms with Crippen molar-refractivity contribution in [2.75, 3.05) is 0 Å². The summed E-state index contributed by atoms with van der Waals surface area (Å²) in [6, 6.07) is 3.90. The second-order valence-corrected chi connectivity index (χ2v) is 5.24. The first-order chi connectivity index (χ1) is 9.97. The normalized spacial score (nSPS) is 10.9. The quantitative estimate of drug-likeness (QED) is 0.768. The largest absolute Gasteiger partial charge is 0.485 e. The van der Waals surface area contributed by atoms with Crippen molar-refractivity contribution in [3.05, 3.63) is 41.7 Å². The van der Waals surface area contributed by atoms with Gasteiger partial charge in [0.1, 0.15) is 24.5 Å². The summed E-state index contributed by atoms with van der Waals surface area (Å²) in [6.07, 6.45) is 1.47. The van der Waals surface area contributed by atoms with E-state index in [0.717, 1.165) is 6.54 Å². The number of rotatable bonds is 6. The molecule has 1 aromatic heterocycles. The summed E-state index contributed by atoms with van der Waals surface area (Å²) in [5.74, 6) is 0.748. The Morgan fingerprint density at radius 2 is 2.19 bits per heavy atom. The monoisotopic (exact) mass is 291 g/mol. The van der Waals surface area contributed by atoms with E-state index in [0.29, 0.717) is 17.5 Å². The molecule has 1 heterocycles. The molecule has 0 aliphatic heterocycles. The summed E-state index contributed by atoms with van der Waals surface area (Å²) in [7, 11) is 0. The number of benzene rings is 1.